The van der Waals surface area contributed by atoms with Crippen LogP contribution < -0.4 is 5.32 Å². The predicted octanol–water partition coefficient (Wildman–Crippen LogP) is 8.34. The summed E-state index contributed by atoms with van der Waals surface area (Å²) in [5.41, 5.74) is -0.172. The van der Waals surface area contributed by atoms with E-state index in [1.165, 1.54) is 70.6 Å². The van der Waals surface area contributed by atoms with E-state index >= 15 is 0 Å². The second-order valence-electron chi connectivity index (χ2n) is 12.7. The molecule has 0 aromatic rings. The van der Waals surface area contributed by atoms with Crippen molar-refractivity contribution in [3.05, 3.63) is 0 Å². The lowest BCUT2D eigenvalue weighted by Crippen LogP contribution is -2.48. The fourth-order valence-corrected chi connectivity index (χ4v) is 6.42. The van der Waals surface area contributed by atoms with E-state index in [4.69, 9.17) is 7.85 Å². The van der Waals surface area contributed by atoms with Gasteiger partial charge in [0.25, 0.3) is 0 Å². The van der Waals surface area contributed by atoms with Gasteiger partial charge < -0.3 is 5.32 Å². The second kappa shape index (κ2) is 12.3. The average molecular weight is 440 g/mol. The highest BCUT2D eigenvalue weighted by Crippen LogP contribution is 2.52. The van der Waals surface area contributed by atoms with Crippen molar-refractivity contribution < 1.29 is 4.79 Å². The van der Waals surface area contributed by atoms with E-state index < -0.39 is 5.31 Å². The van der Waals surface area contributed by atoms with E-state index in [0.29, 0.717) is 5.31 Å². The maximum atomic E-state index is 13.2. The molecule has 2 rings (SSSR count). The van der Waals surface area contributed by atoms with Gasteiger partial charge in [-0.15, -0.1) is 0 Å². The molecule has 2 aliphatic rings. The third-order valence-corrected chi connectivity index (χ3v) is 8.49. The first-order valence-corrected chi connectivity index (χ1v) is 14.0. The molecule has 0 atom stereocenters. The topological polar surface area (TPSA) is 29.1 Å². The zero-order valence-corrected chi connectivity index (χ0v) is 22.3. The van der Waals surface area contributed by atoms with Gasteiger partial charge in [0.1, 0.15) is 7.28 Å². The van der Waals surface area contributed by atoms with Crippen molar-refractivity contribution in [3.8, 4) is 0 Å². The molecule has 2 nitrogen and oxygen atoms in total. The molecule has 4 heteroatoms. The Morgan fingerprint density at radius 2 is 1.31 bits per heavy atom. The molecule has 2 saturated carbocycles. The maximum absolute atomic E-state index is 13.2. The molecule has 0 spiro atoms. The van der Waals surface area contributed by atoms with Crippen LogP contribution in [0.4, 0.5) is 0 Å². The Morgan fingerprint density at radius 3 is 1.84 bits per heavy atom. The highest BCUT2D eigenvalue weighted by Gasteiger charge is 2.41. The Morgan fingerprint density at radius 1 is 0.812 bits per heavy atom. The lowest BCUT2D eigenvalue weighted by atomic mass is 9.35. The summed E-state index contributed by atoms with van der Waals surface area (Å²) in [6, 6.07) is 0. The first kappa shape index (κ1) is 27.8. The summed E-state index contributed by atoms with van der Waals surface area (Å²) in [4.78, 5) is 13.2. The third-order valence-electron chi connectivity index (χ3n) is 8.49. The molecule has 0 heterocycles. The van der Waals surface area contributed by atoms with Crippen molar-refractivity contribution in [1.29, 1.82) is 0 Å². The fourth-order valence-electron chi connectivity index (χ4n) is 6.42. The number of carbonyl (C=O) groups is 1. The lowest BCUT2D eigenvalue weighted by molar-refractivity contribution is -0.126. The molecule has 1 N–H and O–H groups in total. The van der Waals surface area contributed by atoms with E-state index in [0.717, 1.165) is 44.9 Å². The van der Waals surface area contributed by atoms with E-state index in [9.17, 15) is 4.79 Å². The van der Waals surface area contributed by atoms with Gasteiger partial charge in [0, 0.05) is 10.9 Å². The van der Waals surface area contributed by atoms with Crippen molar-refractivity contribution in [2.24, 2.45) is 0 Å². The van der Waals surface area contributed by atoms with Crippen molar-refractivity contribution in [3.63, 3.8) is 0 Å². The van der Waals surface area contributed by atoms with Crippen LogP contribution >= 0.6 is 0 Å². The molecule has 0 aliphatic heterocycles. The zero-order chi connectivity index (χ0) is 23.7. The van der Waals surface area contributed by atoms with Crippen LogP contribution in [0.2, 0.25) is 15.9 Å². The van der Waals surface area contributed by atoms with Gasteiger partial charge in [-0.05, 0) is 33.1 Å². The normalized spacial score (nSPS) is 29.8. The molecule has 0 aromatic heterocycles. The fraction of sp³-hybridized carbons (Fsp3) is 0.964. The van der Waals surface area contributed by atoms with E-state index in [2.05, 4.69) is 47.2 Å². The number of nitrogens with one attached hydrogen (secondary N) is 1. The molecule has 3 radical (unpaired) electrons. The summed E-state index contributed by atoms with van der Waals surface area (Å²) in [6.45, 7) is 11.5. The largest absolute Gasteiger partial charge is 0.351 e. The Labute approximate surface area is 202 Å². The summed E-state index contributed by atoms with van der Waals surface area (Å²) in [5, 5.41) is 3.29. The van der Waals surface area contributed by atoms with Crippen LogP contribution in [0.15, 0.2) is 0 Å². The summed E-state index contributed by atoms with van der Waals surface area (Å²) in [6.07, 6.45) is 21.7. The number of hydrogen-bond acceptors (Lipinski definition) is 1. The van der Waals surface area contributed by atoms with Crippen LogP contribution in [-0.4, -0.2) is 26.6 Å². The molecule has 0 unspecified atom stereocenters. The Bertz CT molecular complexity index is 556. The van der Waals surface area contributed by atoms with Crippen LogP contribution in [0, 0.1) is 0 Å². The van der Waals surface area contributed by atoms with Crippen molar-refractivity contribution in [1.82, 2.24) is 5.32 Å². The van der Waals surface area contributed by atoms with Crippen LogP contribution in [0.1, 0.15) is 150 Å². The summed E-state index contributed by atoms with van der Waals surface area (Å²) in [5.74, 6) is 0.0811. The molecule has 2 aliphatic carbocycles. The monoisotopic (exact) mass is 440 g/mol. The summed E-state index contributed by atoms with van der Waals surface area (Å²) >= 11 is 0. The van der Waals surface area contributed by atoms with Gasteiger partial charge in [-0.25, -0.2) is 0 Å². The number of carbonyl (C=O) groups excluding carboxylic acids is 1. The Kier molecular flexibility index (Phi) is 10.7. The van der Waals surface area contributed by atoms with Crippen LogP contribution in [0.25, 0.3) is 0 Å². The molecule has 0 aromatic carbocycles. The lowest BCUT2D eigenvalue weighted by Gasteiger charge is -2.43. The molecule has 1 amide bonds. The maximum Gasteiger partial charge on any atom is 0.217 e. The van der Waals surface area contributed by atoms with Gasteiger partial charge >= 0.3 is 0 Å². The number of amides is 1. The van der Waals surface area contributed by atoms with Crippen molar-refractivity contribution in [2.75, 3.05) is 0 Å². The highest BCUT2D eigenvalue weighted by molar-refractivity contribution is 6.44. The quantitative estimate of drug-likeness (QED) is 0.283. The summed E-state index contributed by atoms with van der Waals surface area (Å²) < 4.78 is 0. The Hall–Kier alpha value is -0.400. The second-order valence-corrected chi connectivity index (χ2v) is 12.7. The van der Waals surface area contributed by atoms with Gasteiger partial charge in [0.2, 0.25) is 5.91 Å². The molecule has 0 saturated heterocycles. The predicted molar refractivity (Wildman–Crippen MR) is 142 cm³/mol. The van der Waals surface area contributed by atoms with Crippen molar-refractivity contribution >= 4 is 21.0 Å². The first-order chi connectivity index (χ1) is 15.0. The molecule has 2 fully saturated rings. The number of unbranched alkanes of at least 4 members (excludes halogenated alkanes) is 3. The van der Waals surface area contributed by atoms with Gasteiger partial charge in [0.05, 0.1) is 7.85 Å². The van der Waals surface area contributed by atoms with E-state index in [-0.39, 0.29) is 16.8 Å². The third kappa shape index (κ3) is 9.09. The first-order valence-electron chi connectivity index (χ1n) is 14.0. The number of hydrogen-bond donors (Lipinski definition) is 1. The molecular weight excluding hydrogens is 388 g/mol. The highest BCUT2D eigenvalue weighted by atomic mass is 16.2. The molecular formula is C28H52B2NO. The van der Waals surface area contributed by atoms with Crippen LogP contribution in [0.5, 0.6) is 0 Å². The van der Waals surface area contributed by atoms with Gasteiger partial charge in [-0.3, -0.25) is 4.79 Å². The van der Waals surface area contributed by atoms with Crippen LogP contribution in [-0.2, 0) is 4.79 Å². The van der Waals surface area contributed by atoms with E-state index in [1.807, 2.05) is 0 Å². The standard InChI is InChI=1S/C28H52B2NO/c1-6-7-8-12-17-25(2,3)31-24(32)28(29)22-15-20-27(5,21-16-23-28)30-26(4)18-13-10-9-11-14-19-26/h6-23H2,1-5H3,(H,31,32). The number of rotatable bonds is 9. The average Bonchev–Trinajstić information content (AvgIpc) is 2.67. The van der Waals surface area contributed by atoms with Crippen LogP contribution in [0.3, 0.4) is 0 Å². The summed E-state index contributed by atoms with van der Waals surface area (Å²) in [7, 11) is 9.51. The minimum absolute atomic E-state index is 0.0811. The minimum Gasteiger partial charge on any atom is -0.351 e. The Balaban J connectivity index is 1.89. The molecule has 0 bridgehead atoms. The van der Waals surface area contributed by atoms with Gasteiger partial charge in [-0.2, -0.15) is 0 Å². The molecule has 32 heavy (non-hydrogen) atoms. The zero-order valence-electron chi connectivity index (χ0n) is 22.3. The minimum atomic E-state index is -0.702. The SMILES string of the molecule is [B]C1(C(=O)NC(C)(C)CCCCCC)CCCC(C)([B]C2(C)CCCCCCC2)CCC1. The smallest absolute Gasteiger partial charge is 0.217 e. The van der Waals surface area contributed by atoms with Gasteiger partial charge in [-0.1, -0.05) is 128 Å². The van der Waals surface area contributed by atoms with E-state index in [1.54, 1.807) is 0 Å². The molecule has 181 valence electrons. The van der Waals surface area contributed by atoms with Gasteiger partial charge in [0.15, 0.2) is 0 Å². The van der Waals surface area contributed by atoms with Crippen molar-refractivity contribution in [2.45, 2.75) is 172 Å².